The molecule has 20 heavy (non-hydrogen) atoms. The van der Waals surface area contributed by atoms with Crippen molar-refractivity contribution in [1.82, 2.24) is 4.98 Å². The predicted molar refractivity (Wildman–Crippen MR) is 81.1 cm³/mol. The Morgan fingerprint density at radius 1 is 0.900 bits per heavy atom. The van der Waals surface area contributed by atoms with Crippen molar-refractivity contribution in [2.24, 2.45) is 0 Å². The van der Waals surface area contributed by atoms with Gasteiger partial charge in [-0.2, -0.15) is 0 Å². The van der Waals surface area contributed by atoms with Crippen LogP contribution < -0.4 is 0 Å². The van der Waals surface area contributed by atoms with Gasteiger partial charge < -0.3 is 0 Å². The lowest BCUT2D eigenvalue weighted by Crippen LogP contribution is -2.02. The van der Waals surface area contributed by atoms with Crippen molar-refractivity contribution in [3.63, 3.8) is 0 Å². The first-order chi connectivity index (χ1) is 9.65. The number of hydrogen-bond acceptors (Lipinski definition) is 2. The Morgan fingerprint density at radius 2 is 1.65 bits per heavy atom. The van der Waals surface area contributed by atoms with Crippen molar-refractivity contribution >= 4 is 16.7 Å². The van der Waals surface area contributed by atoms with E-state index in [0.717, 1.165) is 22.0 Å². The van der Waals surface area contributed by atoms with Gasteiger partial charge in [-0.25, -0.2) is 0 Å². The molecule has 2 heteroatoms. The van der Waals surface area contributed by atoms with Crippen LogP contribution in [0.15, 0.2) is 54.7 Å². The topological polar surface area (TPSA) is 30.0 Å². The van der Waals surface area contributed by atoms with Crippen LogP contribution in [-0.2, 0) is 0 Å². The Bertz CT molecular complexity index is 805. The van der Waals surface area contributed by atoms with E-state index >= 15 is 0 Å². The molecule has 1 heterocycles. The van der Waals surface area contributed by atoms with Crippen LogP contribution in [0.2, 0.25) is 0 Å². The molecule has 1 aromatic heterocycles. The second-order valence-electron chi connectivity index (χ2n) is 5.04. The number of rotatable bonds is 2. The summed E-state index contributed by atoms with van der Waals surface area (Å²) in [7, 11) is 0. The van der Waals surface area contributed by atoms with Gasteiger partial charge in [0.25, 0.3) is 0 Å². The van der Waals surface area contributed by atoms with Crippen molar-refractivity contribution in [1.29, 1.82) is 0 Å². The molecule has 0 spiro atoms. The van der Waals surface area contributed by atoms with Crippen LogP contribution in [0.4, 0.5) is 0 Å². The molecule has 0 bridgehead atoms. The van der Waals surface area contributed by atoms with Crippen molar-refractivity contribution < 1.29 is 4.79 Å². The van der Waals surface area contributed by atoms with E-state index in [9.17, 15) is 4.79 Å². The molecule has 0 aliphatic heterocycles. The lowest BCUT2D eigenvalue weighted by atomic mass is 9.98. The van der Waals surface area contributed by atoms with Crippen molar-refractivity contribution in [2.75, 3.05) is 0 Å². The van der Waals surface area contributed by atoms with E-state index in [1.54, 1.807) is 6.20 Å². The zero-order valence-corrected chi connectivity index (χ0v) is 11.6. The first kappa shape index (κ1) is 12.5. The molecule has 0 radical (unpaired) electrons. The van der Waals surface area contributed by atoms with E-state index in [1.165, 1.54) is 5.56 Å². The van der Waals surface area contributed by atoms with Gasteiger partial charge in [-0.05, 0) is 55.3 Å². The summed E-state index contributed by atoms with van der Waals surface area (Å²) in [6, 6.07) is 15.3. The molecule has 3 aromatic rings. The quantitative estimate of drug-likeness (QED) is 0.650. The van der Waals surface area contributed by atoms with Gasteiger partial charge in [-0.15, -0.1) is 0 Å². The van der Waals surface area contributed by atoms with Gasteiger partial charge in [-0.1, -0.05) is 18.2 Å². The van der Waals surface area contributed by atoms with Crippen molar-refractivity contribution in [3.05, 3.63) is 77.0 Å². The van der Waals surface area contributed by atoms with Gasteiger partial charge in [0.1, 0.15) is 0 Å². The summed E-state index contributed by atoms with van der Waals surface area (Å²) in [5.41, 5.74) is 4.68. The summed E-state index contributed by atoms with van der Waals surface area (Å²) in [6.07, 6.45) is 1.76. The van der Waals surface area contributed by atoms with Crippen LogP contribution in [0.1, 0.15) is 27.0 Å². The maximum Gasteiger partial charge on any atom is 0.193 e. The molecule has 0 saturated heterocycles. The average Bonchev–Trinajstić information content (AvgIpc) is 2.49. The van der Waals surface area contributed by atoms with Gasteiger partial charge in [0, 0.05) is 22.7 Å². The first-order valence-corrected chi connectivity index (χ1v) is 6.62. The van der Waals surface area contributed by atoms with E-state index in [4.69, 9.17) is 0 Å². The van der Waals surface area contributed by atoms with Crippen molar-refractivity contribution in [3.8, 4) is 0 Å². The van der Waals surface area contributed by atoms with Gasteiger partial charge >= 0.3 is 0 Å². The molecule has 0 aliphatic rings. The summed E-state index contributed by atoms with van der Waals surface area (Å²) >= 11 is 0. The van der Waals surface area contributed by atoms with Crippen LogP contribution in [-0.4, -0.2) is 10.8 Å². The van der Waals surface area contributed by atoms with Crippen molar-refractivity contribution in [2.45, 2.75) is 13.8 Å². The van der Waals surface area contributed by atoms with Gasteiger partial charge in [0.05, 0.1) is 5.52 Å². The van der Waals surface area contributed by atoms with E-state index in [0.29, 0.717) is 5.56 Å². The second kappa shape index (κ2) is 4.89. The third kappa shape index (κ3) is 2.21. The Hall–Kier alpha value is -2.48. The maximum absolute atomic E-state index is 12.5. The SMILES string of the molecule is Cc1ccc(C(=O)c2ccc3ncccc3c2)cc1C. The lowest BCUT2D eigenvalue weighted by molar-refractivity contribution is 0.103. The van der Waals surface area contributed by atoms with E-state index in [2.05, 4.69) is 4.98 Å². The third-order valence-electron chi connectivity index (χ3n) is 3.63. The molecule has 0 N–H and O–H groups in total. The number of benzene rings is 2. The molecule has 2 aromatic carbocycles. The van der Waals surface area contributed by atoms with Crippen LogP contribution in [0.3, 0.4) is 0 Å². The molecule has 0 amide bonds. The standard InChI is InChI=1S/C18H15NO/c1-12-5-6-15(10-13(12)2)18(20)16-7-8-17-14(11-16)4-3-9-19-17/h3-11H,1-2H3. The lowest BCUT2D eigenvalue weighted by Gasteiger charge is -2.06. The van der Waals surface area contributed by atoms with Crippen LogP contribution in [0.5, 0.6) is 0 Å². The second-order valence-corrected chi connectivity index (χ2v) is 5.04. The number of nitrogens with zero attached hydrogens (tertiary/aromatic N) is 1. The van der Waals surface area contributed by atoms with E-state index in [-0.39, 0.29) is 5.78 Å². The van der Waals surface area contributed by atoms with Crippen LogP contribution in [0.25, 0.3) is 10.9 Å². The zero-order chi connectivity index (χ0) is 14.1. The summed E-state index contributed by atoms with van der Waals surface area (Å²) in [5, 5.41) is 0.988. The van der Waals surface area contributed by atoms with E-state index in [1.807, 2.05) is 62.4 Å². The number of aryl methyl sites for hydroxylation is 2. The highest BCUT2D eigenvalue weighted by atomic mass is 16.1. The Morgan fingerprint density at radius 3 is 2.45 bits per heavy atom. The fraction of sp³-hybridized carbons (Fsp3) is 0.111. The summed E-state index contributed by atoms with van der Waals surface area (Å²) in [6.45, 7) is 4.07. The molecule has 0 aliphatic carbocycles. The molecule has 2 nitrogen and oxygen atoms in total. The minimum Gasteiger partial charge on any atom is -0.289 e. The molecule has 3 rings (SSSR count). The normalized spacial score (nSPS) is 10.7. The zero-order valence-electron chi connectivity index (χ0n) is 11.6. The largest absolute Gasteiger partial charge is 0.289 e. The Balaban J connectivity index is 2.05. The fourth-order valence-corrected chi connectivity index (χ4v) is 2.27. The monoisotopic (exact) mass is 261 g/mol. The number of carbonyl (C=O) groups is 1. The number of aromatic nitrogens is 1. The smallest absolute Gasteiger partial charge is 0.193 e. The maximum atomic E-state index is 12.5. The highest BCUT2D eigenvalue weighted by Crippen LogP contribution is 2.18. The summed E-state index contributed by atoms with van der Waals surface area (Å²) in [4.78, 5) is 16.8. The summed E-state index contributed by atoms with van der Waals surface area (Å²) < 4.78 is 0. The van der Waals surface area contributed by atoms with Crippen LogP contribution in [0, 0.1) is 13.8 Å². The van der Waals surface area contributed by atoms with Gasteiger partial charge in [0.15, 0.2) is 5.78 Å². The highest BCUT2D eigenvalue weighted by molar-refractivity contribution is 6.10. The number of fused-ring (bicyclic) bond motifs is 1. The number of pyridine rings is 1. The predicted octanol–water partition coefficient (Wildman–Crippen LogP) is 4.08. The minimum atomic E-state index is 0.0545. The Labute approximate surface area is 118 Å². The molecule has 0 fully saturated rings. The van der Waals surface area contributed by atoms with Gasteiger partial charge in [0.2, 0.25) is 0 Å². The number of hydrogen-bond donors (Lipinski definition) is 0. The molecule has 0 atom stereocenters. The number of ketones is 1. The average molecular weight is 261 g/mol. The summed E-state index contributed by atoms with van der Waals surface area (Å²) in [5.74, 6) is 0.0545. The number of carbonyl (C=O) groups excluding carboxylic acids is 1. The fourth-order valence-electron chi connectivity index (χ4n) is 2.27. The van der Waals surface area contributed by atoms with E-state index < -0.39 is 0 Å². The molecule has 0 unspecified atom stereocenters. The third-order valence-corrected chi connectivity index (χ3v) is 3.63. The molecular formula is C18H15NO. The minimum absolute atomic E-state index is 0.0545. The van der Waals surface area contributed by atoms with Gasteiger partial charge in [-0.3, -0.25) is 9.78 Å². The highest BCUT2D eigenvalue weighted by Gasteiger charge is 2.10. The Kier molecular flexibility index (Phi) is 3.07. The molecular weight excluding hydrogens is 246 g/mol. The molecule has 0 saturated carbocycles. The van der Waals surface area contributed by atoms with Crippen LogP contribution >= 0.6 is 0 Å². The molecule has 98 valence electrons. The first-order valence-electron chi connectivity index (χ1n) is 6.62.